The summed E-state index contributed by atoms with van der Waals surface area (Å²) in [6, 6.07) is 22.7. The molecule has 132 heavy (non-hydrogen) atoms. The molecule has 12 amide bonds. The van der Waals surface area contributed by atoms with Crippen LogP contribution in [-0.2, 0) is 107 Å². The Morgan fingerprint density at radius 2 is 1.25 bits per heavy atom. The van der Waals surface area contributed by atoms with Crippen LogP contribution < -0.4 is 47.7 Å². The zero-order chi connectivity index (χ0) is 96.4. The van der Waals surface area contributed by atoms with Gasteiger partial charge in [0.25, 0.3) is 23.6 Å². The van der Waals surface area contributed by atoms with Crippen LogP contribution in [0.5, 0.6) is 5.75 Å². The van der Waals surface area contributed by atoms with E-state index in [0.717, 1.165) is 40.7 Å². The molecule has 4 aromatic rings. The van der Waals surface area contributed by atoms with Crippen molar-refractivity contribution in [3.8, 4) is 5.75 Å². The van der Waals surface area contributed by atoms with Gasteiger partial charge >= 0.3 is 42.1 Å². The van der Waals surface area contributed by atoms with Gasteiger partial charge < -0.3 is 115 Å². The highest BCUT2D eigenvalue weighted by molar-refractivity contribution is 6.13. The second-order valence-electron chi connectivity index (χ2n) is 33.8. The Morgan fingerprint density at radius 1 is 0.667 bits per heavy atom. The van der Waals surface area contributed by atoms with Gasteiger partial charge in [0.05, 0.1) is 56.0 Å². The third-order valence-corrected chi connectivity index (χ3v) is 23.8. The number of carbonyl (C=O) groups is 16. The molecule has 716 valence electrons. The summed E-state index contributed by atoms with van der Waals surface area (Å²) >= 11 is 0. The van der Waals surface area contributed by atoms with Gasteiger partial charge in [-0.15, -0.1) is 0 Å². The van der Waals surface area contributed by atoms with Gasteiger partial charge in [-0.3, -0.25) is 57.6 Å². The van der Waals surface area contributed by atoms with Crippen LogP contribution in [0, 0.1) is 22.7 Å². The summed E-state index contributed by atoms with van der Waals surface area (Å²) in [4.78, 5) is 221. The molecule has 1 unspecified atom stereocenters. The Kier molecular flexibility index (Phi) is 36.9. The maximum atomic E-state index is 16.1. The number of aliphatic hydroxyl groups is 2. The van der Waals surface area contributed by atoms with Crippen LogP contribution in [0.4, 0.5) is 20.1 Å². The molecular formula is C92H119N11O29. The molecule has 2 bridgehead atoms. The maximum Gasteiger partial charge on any atom is 0.410 e. The van der Waals surface area contributed by atoms with Gasteiger partial charge in [0.2, 0.25) is 29.7 Å². The molecule has 1 saturated heterocycles. The lowest BCUT2D eigenvalue weighted by atomic mass is 9.44. The van der Waals surface area contributed by atoms with Gasteiger partial charge in [-0.25, -0.2) is 24.0 Å². The van der Waals surface area contributed by atoms with E-state index in [1.807, 2.05) is 0 Å². The summed E-state index contributed by atoms with van der Waals surface area (Å²) in [5.74, 6) is -11.9. The fourth-order valence-corrected chi connectivity index (χ4v) is 16.6. The minimum atomic E-state index is -2.61. The van der Waals surface area contributed by atoms with Crippen LogP contribution in [0.2, 0.25) is 0 Å². The number of Topliss-reactive ketones (excluding diaryl/α,β-unsaturated/α-hetero) is 1. The second-order valence-corrected chi connectivity index (χ2v) is 33.8. The zero-order valence-electron chi connectivity index (χ0n) is 75.8. The van der Waals surface area contributed by atoms with E-state index in [2.05, 4.69) is 37.2 Å². The summed E-state index contributed by atoms with van der Waals surface area (Å²) < 4.78 is 66.1. The van der Waals surface area contributed by atoms with Crippen LogP contribution in [0.25, 0.3) is 0 Å². The number of benzene rings is 4. The van der Waals surface area contributed by atoms with E-state index in [1.165, 1.54) is 103 Å². The number of ketones is 1. The number of rotatable bonds is 46. The number of urea groups is 1. The second kappa shape index (κ2) is 47.4. The van der Waals surface area contributed by atoms with Gasteiger partial charge in [0.1, 0.15) is 54.4 Å². The predicted octanol–water partition coefficient (Wildman–Crippen LogP) is 3.87. The van der Waals surface area contributed by atoms with Gasteiger partial charge in [0, 0.05) is 147 Å². The molecule has 0 radical (unpaired) electrons. The van der Waals surface area contributed by atoms with Crippen molar-refractivity contribution < 1.29 is 139 Å². The van der Waals surface area contributed by atoms with E-state index in [1.54, 1.807) is 68.4 Å². The van der Waals surface area contributed by atoms with Crippen molar-refractivity contribution in [2.24, 2.45) is 28.4 Å². The highest BCUT2D eigenvalue weighted by Gasteiger charge is 2.78. The third kappa shape index (κ3) is 26.3. The molecule has 2 saturated carbocycles. The molecule has 0 spiro atoms. The van der Waals surface area contributed by atoms with Crippen molar-refractivity contribution in [1.29, 1.82) is 0 Å². The minimum Gasteiger partial charge on any atom is -0.483 e. The Morgan fingerprint density at radius 3 is 1.83 bits per heavy atom. The topological polar surface area (TPSA) is 535 Å². The molecule has 0 aromatic heterocycles. The highest BCUT2D eigenvalue weighted by atomic mass is 16.6. The number of nitrogens with zero attached hydrogens (tertiary/aromatic N) is 3. The van der Waals surface area contributed by atoms with Crippen molar-refractivity contribution in [2.75, 3.05) is 112 Å². The third-order valence-electron chi connectivity index (χ3n) is 23.8. The summed E-state index contributed by atoms with van der Waals surface area (Å²) in [6.07, 6.45) is -10.8. The number of imide groups is 1. The van der Waals surface area contributed by atoms with Gasteiger partial charge in [-0.1, -0.05) is 94.4 Å². The lowest BCUT2D eigenvalue weighted by molar-refractivity contribution is -0.346. The molecule has 11 N–H and O–H groups in total. The van der Waals surface area contributed by atoms with Gasteiger partial charge in [-0.2, -0.15) is 0 Å². The standard InChI is InChI=1S/C92H119N11O29/c1-54(2)74(97-56(4)104)83(115)99-64(30-21-36-96-86(93)118)82(114)98-63-32-31-62(65(48-63)125-52-70(109)95-38-23-43-123-45-47-124-46-44-122-42-22-37-94-69(108)35-39-103-71(110)33-34-72(103)111)51-126-87(119)101(10)40-41-102(11)88(120)130-77(75(59-24-15-12-16-25-59)100-81(113)60-26-17-13-18-27-60)85(117)129-66-50-92(121)80(131-84(116)61-28-19-14-20-29-61)78-90(9,67(107)49-68-91(78,53-127-68)132-58(6)106)79(112)76(128-57(5)105)73(55(66)3)89(92,7)8/h12-20,24-29,31-34,48,54,64,66-68,74-78,80,107,121H,21-23,30,35-47,49-53H2,1-11H3,(H,94,108)(H,95,109)(H,97,104)(H,98,114)(H,99,115)(H,100,113)(H3,93,96,118)/t64-,66-,67-,68+,74-,75-,76+,77+,78?,80-,90+,91-,92+/m0/s1. The number of fused-ring (bicyclic) bond motifs is 5. The highest BCUT2D eigenvalue weighted by Crippen LogP contribution is 2.65. The number of aliphatic hydroxyl groups excluding tert-OH is 1. The maximum absolute atomic E-state index is 16.1. The number of carbonyl (C=O) groups excluding carboxylic acids is 16. The van der Waals surface area contributed by atoms with E-state index in [9.17, 15) is 77.3 Å². The number of nitrogens with two attached hydrogens (primary N) is 1. The number of likely N-dealkylation sites (N-methyl/N-ethyl adjacent to an activating group) is 2. The fraction of sp³-hybridized carbons (Fsp3) is 0.522. The molecule has 40 heteroatoms. The summed E-state index contributed by atoms with van der Waals surface area (Å²) in [5, 5.41) is 45.5. The number of hydrogen-bond acceptors (Lipinski definition) is 29. The lowest BCUT2D eigenvalue weighted by Crippen LogP contribution is -2.82. The first-order chi connectivity index (χ1) is 62.7. The SMILES string of the molecule is CC(=O)N[C@H](C(=O)N[C@@H](CCCNC(N)=O)C(=O)Nc1ccc(COC(=O)N(C)CCN(C)C(=O)O[C@@H](C(=O)O[C@H]2C[C@@]3(O)[C@@H](OC(=O)c4ccccc4)C4[C@](C)(C(=O)[C@H](OC(C)=O)C(=C2C)C3(C)C)[C@@H](O)C[C@H]2OC[C@@]42OC(C)=O)[C@@H](NC(=O)c2ccccc2)c2ccccc2)c(OCC(=O)NCCCOCCOCCOCCCNC(=O)CCN2C(=O)C=CC2=O)c1)C(C)C. The summed E-state index contributed by atoms with van der Waals surface area (Å²) in [6.45, 7) is 12.4. The molecule has 3 aliphatic carbocycles. The molecule has 5 aliphatic rings. The lowest BCUT2D eigenvalue weighted by Gasteiger charge is -2.67. The molecule has 3 fully saturated rings. The number of nitrogens with one attached hydrogen (secondary N) is 7. The van der Waals surface area contributed by atoms with Crippen LogP contribution in [0.15, 0.2) is 132 Å². The fourth-order valence-electron chi connectivity index (χ4n) is 16.6. The smallest absolute Gasteiger partial charge is 0.410 e. The van der Waals surface area contributed by atoms with Crippen LogP contribution in [0.1, 0.15) is 145 Å². The van der Waals surface area contributed by atoms with Crippen LogP contribution >= 0.6 is 0 Å². The normalized spacial score (nSPS) is 21.8. The molecule has 13 atom stereocenters. The van der Waals surface area contributed by atoms with E-state index < -0.39 is 204 Å². The van der Waals surface area contributed by atoms with Crippen molar-refractivity contribution >= 4 is 101 Å². The molecule has 4 aromatic carbocycles. The average Bonchev–Trinajstić information content (AvgIpc) is 0.678. The summed E-state index contributed by atoms with van der Waals surface area (Å²) in [5.41, 5.74) is -2.95. The van der Waals surface area contributed by atoms with E-state index in [4.69, 9.17) is 57.8 Å². The number of hydrogen-bond donors (Lipinski definition) is 10. The van der Waals surface area contributed by atoms with Crippen molar-refractivity contribution in [3.63, 3.8) is 0 Å². The number of amides is 12. The number of primary amides is 1. The van der Waals surface area contributed by atoms with Crippen LogP contribution in [-0.4, -0.2) is 286 Å². The average molecular weight is 1840 g/mol. The quantitative estimate of drug-likeness (QED) is 0.00986. The number of ether oxygens (including phenoxy) is 11. The first kappa shape index (κ1) is 103. The molecular weight excluding hydrogens is 1720 g/mol. The van der Waals surface area contributed by atoms with E-state index >= 15 is 9.59 Å². The predicted molar refractivity (Wildman–Crippen MR) is 467 cm³/mol. The summed E-state index contributed by atoms with van der Waals surface area (Å²) in [7, 11) is 2.61. The molecule has 9 rings (SSSR count). The first-order valence-electron chi connectivity index (χ1n) is 43.5. The zero-order valence-corrected chi connectivity index (χ0v) is 75.8. The van der Waals surface area contributed by atoms with E-state index in [-0.39, 0.29) is 142 Å². The largest absolute Gasteiger partial charge is 0.483 e. The monoisotopic (exact) mass is 1840 g/mol. The van der Waals surface area contributed by atoms with E-state index in [0.29, 0.717) is 26.0 Å². The van der Waals surface area contributed by atoms with Crippen LogP contribution in [0.3, 0.4) is 0 Å². The Bertz CT molecular complexity index is 4860. The minimum absolute atomic E-state index is 0.0134. The molecule has 40 nitrogen and oxygen atoms in total. The number of esters is 4. The molecule has 2 heterocycles. The Hall–Kier alpha value is -12.8. The van der Waals surface area contributed by atoms with Crippen molar-refractivity contribution in [2.45, 2.75) is 180 Å². The Labute approximate surface area is 763 Å². The first-order valence-corrected chi connectivity index (χ1v) is 43.5. The van der Waals surface area contributed by atoms with Gasteiger partial charge in [0.15, 0.2) is 24.1 Å². The van der Waals surface area contributed by atoms with Crippen molar-refractivity contribution in [1.82, 2.24) is 46.6 Å². The molecule has 2 aliphatic heterocycles. The van der Waals surface area contributed by atoms with Gasteiger partial charge in [-0.05, 0) is 98.6 Å². The Balaban J connectivity index is 0.905. The number of anilines is 1. The van der Waals surface area contributed by atoms with Crippen molar-refractivity contribution in [3.05, 3.63) is 155 Å².